The van der Waals surface area contributed by atoms with Crippen LogP contribution in [0.15, 0.2) is 75.3 Å². The van der Waals surface area contributed by atoms with E-state index in [2.05, 4.69) is 6.92 Å². The lowest BCUT2D eigenvalue weighted by molar-refractivity contribution is 0.379. The molecule has 1 fully saturated rings. The van der Waals surface area contributed by atoms with E-state index in [1.807, 2.05) is 60.0 Å². The molecular weight excluding hydrogens is 466 g/mol. The fourth-order valence-corrected chi connectivity index (χ4v) is 5.55. The monoisotopic (exact) mass is 491 g/mol. The zero-order valence-corrected chi connectivity index (χ0v) is 20.5. The SMILES string of the molecule is CCC(Cc1csc(-c2ccc(Cl)cc2)n1)c1cc(O)c(C(c2ccccc2)C2CC2)c(=O)o1. The lowest BCUT2D eigenvalue weighted by atomic mass is 9.87. The summed E-state index contributed by atoms with van der Waals surface area (Å²) in [7, 11) is 0. The van der Waals surface area contributed by atoms with E-state index in [4.69, 9.17) is 21.0 Å². The molecule has 2 atom stereocenters. The van der Waals surface area contributed by atoms with Crippen molar-refractivity contribution in [2.75, 3.05) is 0 Å². The Labute approximate surface area is 207 Å². The molecule has 0 bridgehead atoms. The van der Waals surface area contributed by atoms with Crippen molar-refractivity contribution in [2.24, 2.45) is 5.92 Å². The van der Waals surface area contributed by atoms with Crippen LogP contribution in [0.2, 0.25) is 5.02 Å². The molecule has 2 heterocycles. The van der Waals surface area contributed by atoms with Gasteiger partial charge in [0.25, 0.3) is 0 Å². The summed E-state index contributed by atoms with van der Waals surface area (Å²) in [5.41, 5.74) is 2.95. The predicted molar refractivity (Wildman–Crippen MR) is 137 cm³/mol. The van der Waals surface area contributed by atoms with Gasteiger partial charge in [0, 0.05) is 40.3 Å². The third-order valence-corrected chi connectivity index (χ3v) is 7.73. The number of halogens is 1. The average molecular weight is 492 g/mol. The Balaban J connectivity index is 1.41. The summed E-state index contributed by atoms with van der Waals surface area (Å²) in [6, 6.07) is 19.2. The second kappa shape index (κ2) is 9.77. The van der Waals surface area contributed by atoms with Crippen molar-refractivity contribution in [2.45, 2.75) is 44.4 Å². The molecule has 1 N–H and O–H groups in total. The Hall–Kier alpha value is -2.89. The summed E-state index contributed by atoms with van der Waals surface area (Å²) in [4.78, 5) is 17.9. The molecule has 4 nitrogen and oxygen atoms in total. The third-order valence-electron chi connectivity index (χ3n) is 6.54. The molecule has 174 valence electrons. The van der Waals surface area contributed by atoms with Crippen molar-refractivity contribution in [1.29, 1.82) is 0 Å². The molecule has 1 aliphatic carbocycles. The Bertz CT molecular complexity index is 1330. The van der Waals surface area contributed by atoms with Crippen LogP contribution in [0, 0.1) is 5.92 Å². The van der Waals surface area contributed by atoms with Gasteiger partial charge in [0.1, 0.15) is 16.5 Å². The lowest BCUT2D eigenvalue weighted by Crippen LogP contribution is -2.17. The van der Waals surface area contributed by atoms with Crippen LogP contribution in [-0.2, 0) is 6.42 Å². The highest BCUT2D eigenvalue weighted by atomic mass is 35.5. The molecular formula is C28H26ClNO3S. The minimum atomic E-state index is -0.436. The predicted octanol–water partition coefficient (Wildman–Crippen LogP) is 7.40. The van der Waals surface area contributed by atoms with Crippen molar-refractivity contribution < 1.29 is 9.52 Å². The van der Waals surface area contributed by atoms with Crippen LogP contribution in [0.4, 0.5) is 0 Å². The van der Waals surface area contributed by atoms with E-state index in [-0.39, 0.29) is 17.6 Å². The molecule has 5 rings (SSSR count). The Kier molecular flexibility index (Phi) is 6.57. The quantitative estimate of drug-likeness (QED) is 0.279. The molecule has 2 aromatic heterocycles. The van der Waals surface area contributed by atoms with Crippen LogP contribution in [0.3, 0.4) is 0 Å². The van der Waals surface area contributed by atoms with Crippen molar-refractivity contribution in [1.82, 2.24) is 4.98 Å². The summed E-state index contributed by atoms with van der Waals surface area (Å²) >= 11 is 7.58. The lowest BCUT2D eigenvalue weighted by Gasteiger charge is -2.19. The van der Waals surface area contributed by atoms with Gasteiger partial charge in [0.15, 0.2) is 0 Å². The summed E-state index contributed by atoms with van der Waals surface area (Å²) in [6.07, 6.45) is 3.50. The zero-order chi connectivity index (χ0) is 23.7. The Morgan fingerprint density at radius 1 is 1.15 bits per heavy atom. The molecule has 0 spiro atoms. The van der Waals surface area contributed by atoms with E-state index < -0.39 is 5.63 Å². The molecule has 34 heavy (non-hydrogen) atoms. The Morgan fingerprint density at radius 3 is 2.53 bits per heavy atom. The fraction of sp³-hybridized carbons (Fsp3) is 0.286. The zero-order valence-electron chi connectivity index (χ0n) is 18.9. The van der Waals surface area contributed by atoms with Crippen LogP contribution in [0.25, 0.3) is 10.6 Å². The summed E-state index contributed by atoms with van der Waals surface area (Å²) in [5.74, 6) is 0.726. The molecule has 0 saturated heterocycles. The molecule has 1 aliphatic rings. The minimum Gasteiger partial charge on any atom is -0.507 e. The third kappa shape index (κ3) is 4.82. The normalized spacial score (nSPS) is 15.2. The fourth-order valence-electron chi connectivity index (χ4n) is 4.58. The maximum absolute atomic E-state index is 13.1. The second-order valence-corrected chi connectivity index (χ2v) is 10.2. The van der Waals surface area contributed by atoms with E-state index in [0.717, 1.165) is 41.1 Å². The van der Waals surface area contributed by atoms with Gasteiger partial charge in [-0.05, 0) is 42.9 Å². The first-order valence-corrected chi connectivity index (χ1v) is 12.9. The van der Waals surface area contributed by atoms with Gasteiger partial charge in [-0.2, -0.15) is 0 Å². The van der Waals surface area contributed by atoms with E-state index in [0.29, 0.717) is 28.7 Å². The summed E-state index contributed by atoms with van der Waals surface area (Å²) in [6.45, 7) is 2.05. The Morgan fingerprint density at radius 2 is 1.88 bits per heavy atom. The van der Waals surface area contributed by atoms with Gasteiger partial charge < -0.3 is 9.52 Å². The van der Waals surface area contributed by atoms with Gasteiger partial charge in [0.05, 0.1) is 11.3 Å². The molecule has 0 amide bonds. The van der Waals surface area contributed by atoms with Crippen molar-refractivity contribution >= 4 is 22.9 Å². The van der Waals surface area contributed by atoms with E-state index in [9.17, 15) is 9.90 Å². The number of hydrogen-bond donors (Lipinski definition) is 1. The number of aromatic hydroxyl groups is 1. The molecule has 6 heteroatoms. The maximum atomic E-state index is 13.1. The van der Waals surface area contributed by atoms with Crippen LogP contribution in [0.1, 0.15) is 60.6 Å². The van der Waals surface area contributed by atoms with Crippen LogP contribution < -0.4 is 5.63 Å². The molecule has 1 saturated carbocycles. The standard InChI is InChI=1S/C28H26ClNO3S/c1-2-17(14-22-16-34-27(30-22)20-10-12-21(29)13-11-20)24-15-23(31)26(28(32)33-24)25(19-8-9-19)18-6-4-3-5-7-18/h3-7,10-13,15-17,19,25,31H,2,8-9,14H2,1H3. The first-order chi connectivity index (χ1) is 16.5. The van der Waals surface area contributed by atoms with Crippen molar-refractivity contribution in [3.05, 3.63) is 104 Å². The maximum Gasteiger partial charge on any atom is 0.343 e. The number of benzene rings is 2. The van der Waals surface area contributed by atoms with Gasteiger partial charge in [-0.25, -0.2) is 9.78 Å². The highest BCUT2D eigenvalue weighted by Crippen LogP contribution is 2.47. The van der Waals surface area contributed by atoms with Crippen LogP contribution in [-0.4, -0.2) is 10.1 Å². The summed E-state index contributed by atoms with van der Waals surface area (Å²) in [5, 5.41) is 14.6. The average Bonchev–Trinajstić information content (AvgIpc) is 3.57. The molecule has 2 unspecified atom stereocenters. The summed E-state index contributed by atoms with van der Waals surface area (Å²) < 4.78 is 5.84. The van der Waals surface area contributed by atoms with E-state index >= 15 is 0 Å². The molecule has 0 aliphatic heterocycles. The highest BCUT2D eigenvalue weighted by Gasteiger charge is 2.37. The van der Waals surface area contributed by atoms with Gasteiger partial charge in [-0.1, -0.05) is 61.0 Å². The number of rotatable bonds is 8. The first kappa shape index (κ1) is 22.9. The largest absolute Gasteiger partial charge is 0.507 e. The number of nitrogens with zero attached hydrogens (tertiary/aromatic N) is 1. The minimum absolute atomic E-state index is 0.0329. The highest BCUT2D eigenvalue weighted by molar-refractivity contribution is 7.13. The second-order valence-electron chi connectivity index (χ2n) is 8.92. The number of hydrogen-bond acceptors (Lipinski definition) is 5. The topological polar surface area (TPSA) is 63.3 Å². The van der Waals surface area contributed by atoms with Crippen LogP contribution in [0.5, 0.6) is 5.75 Å². The first-order valence-electron chi connectivity index (χ1n) is 11.7. The molecule has 2 aromatic carbocycles. The van der Waals surface area contributed by atoms with Crippen LogP contribution >= 0.6 is 22.9 Å². The molecule has 4 aromatic rings. The van der Waals surface area contributed by atoms with Gasteiger partial charge in [-0.3, -0.25) is 0 Å². The number of thiazole rings is 1. The van der Waals surface area contributed by atoms with Crippen molar-refractivity contribution in [3.8, 4) is 16.3 Å². The van der Waals surface area contributed by atoms with Gasteiger partial charge in [0.2, 0.25) is 0 Å². The van der Waals surface area contributed by atoms with E-state index in [1.54, 1.807) is 17.4 Å². The number of aromatic nitrogens is 1. The molecule has 0 radical (unpaired) electrons. The smallest absolute Gasteiger partial charge is 0.343 e. The van der Waals surface area contributed by atoms with Crippen molar-refractivity contribution in [3.63, 3.8) is 0 Å². The van der Waals surface area contributed by atoms with Gasteiger partial charge in [-0.15, -0.1) is 11.3 Å². The van der Waals surface area contributed by atoms with E-state index in [1.165, 1.54) is 0 Å². The van der Waals surface area contributed by atoms with Gasteiger partial charge >= 0.3 is 5.63 Å².